The zero-order chi connectivity index (χ0) is 13.8. The number of anilines is 1. The Kier molecular flexibility index (Phi) is 4.00. The minimum absolute atomic E-state index is 0.291. The number of nitrogens with one attached hydrogen (secondary N) is 1. The summed E-state index contributed by atoms with van der Waals surface area (Å²) in [6, 6.07) is 10.1. The highest BCUT2D eigenvalue weighted by molar-refractivity contribution is 5.45. The molecule has 2 aromatic carbocycles. The Labute approximate surface area is 110 Å². The lowest BCUT2D eigenvalue weighted by molar-refractivity contribution is 0.395. The highest BCUT2D eigenvalue weighted by Crippen LogP contribution is 2.22. The fourth-order valence-corrected chi connectivity index (χ4v) is 1.78. The van der Waals surface area contributed by atoms with Crippen molar-refractivity contribution in [1.82, 2.24) is 0 Å². The maximum atomic E-state index is 13.1. The van der Waals surface area contributed by atoms with Crippen molar-refractivity contribution in [2.75, 3.05) is 5.32 Å². The van der Waals surface area contributed by atoms with Crippen LogP contribution in [0.3, 0.4) is 0 Å². The quantitative estimate of drug-likeness (QED) is 0.878. The van der Waals surface area contributed by atoms with E-state index in [-0.39, 0.29) is 0 Å². The molecule has 0 heterocycles. The number of hydrogen-bond acceptors (Lipinski definition) is 2. The Hall–Kier alpha value is -2.10. The minimum atomic E-state index is -0.946. The zero-order valence-electron chi connectivity index (χ0n) is 10.6. The highest BCUT2D eigenvalue weighted by atomic mass is 19.1. The van der Waals surface area contributed by atoms with Crippen LogP contribution in [0.15, 0.2) is 36.4 Å². The number of aryl methyl sites for hydroxylation is 1. The smallest absolute Gasteiger partial charge is 0.187 e. The van der Waals surface area contributed by atoms with Crippen LogP contribution in [-0.2, 0) is 13.0 Å². The maximum absolute atomic E-state index is 13.1. The first-order chi connectivity index (χ1) is 9.10. The minimum Gasteiger partial charge on any atom is -0.503 e. The summed E-state index contributed by atoms with van der Waals surface area (Å²) in [5, 5.41) is 12.1. The van der Waals surface area contributed by atoms with E-state index in [0.29, 0.717) is 12.1 Å². The van der Waals surface area contributed by atoms with Crippen LogP contribution in [0.5, 0.6) is 5.75 Å². The molecule has 0 radical (unpaired) electrons. The van der Waals surface area contributed by atoms with E-state index in [4.69, 9.17) is 5.11 Å². The Morgan fingerprint density at radius 1 is 1.00 bits per heavy atom. The molecule has 2 aromatic rings. The second-order valence-electron chi connectivity index (χ2n) is 4.31. The van der Waals surface area contributed by atoms with Crippen molar-refractivity contribution >= 4 is 5.69 Å². The summed E-state index contributed by atoms with van der Waals surface area (Å²) in [7, 11) is 0. The molecular formula is C15H15F2NO. The fraction of sp³-hybridized carbons (Fsp3) is 0.200. The molecular weight excluding hydrogens is 248 g/mol. The summed E-state index contributed by atoms with van der Waals surface area (Å²) >= 11 is 0. The Balaban J connectivity index is 2.05. The number of halogens is 2. The van der Waals surface area contributed by atoms with Gasteiger partial charge in [0.15, 0.2) is 17.4 Å². The number of hydrogen-bond donors (Lipinski definition) is 2. The van der Waals surface area contributed by atoms with Gasteiger partial charge in [0.2, 0.25) is 0 Å². The van der Waals surface area contributed by atoms with Gasteiger partial charge >= 0.3 is 0 Å². The van der Waals surface area contributed by atoms with Gasteiger partial charge in [0.1, 0.15) is 0 Å². The van der Waals surface area contributed by atoms with Gasteiger partial charge in [-0.05, 0) is 41.8 Å². The first-order valence-corrected chi connectivity index (χ1v) is 6.10. The Morgan fingerprint density at radius 3 is 2.11 bits per heavy atom. The summed E-state index contributed by atoms with van der Waals surface area (Å²) in [5.41, 5.74) is 2.55. The van der Waals surface area contributed by atoms with E-state index in [2.05, 4.69) is 12.2 Å². The molecule has 0 bridgehead atoms. The summed E-state index contributed by atoms with van der Waals surface area (Å²) < 4.78 is 26.3. The van der Waals surface area contributed by atoms with E-state index in [1.807, 2.05) is 24.3 Å². The van der Waals surface area contributed by atoms with Gasteiger partial charge in [-0.3, -0.25) is 0 Å². The predicted molar refractivity (Wildman–Crippen MR) is 71.2 cm³/mol. The average molecular weight is 263 g/mol. The molecule has 100 valence electrons. The van der Waals surface area contributed by atoms with Crippen LogP contribution in [0.4, 0.5) is 14.5 Å². The highest BCUT2D eigenvalue weighted by Gasteiger charge is 2.09. The van der Waals surface area contributed by atoms with E-state index in [0.717, 1.165) is 24.2 Å². The molecule has 0 aliphatic rings. The molecule has 0 unspecified atom stereocenters. The largest absolute Gasteiger partial charge is 0.503 e. The molecule has 0 spiro atoms. The molecule has 0 aliphatic heterocycles. The lowest BCUT2D eigenvalue weighted by Crippen LogP contribution is -2.01. The van der Waals surface area contributed by atoms with E-state index in [1.54, 1.807) is 0 Å². The lowest BCUT2D eigenvalue weighted by atomic mass is 10.1. The molecule has 0 saturated heterocycles. The summed E-state index contributed by atoms with van der Waals surface area (Å²) in [5.74, 6) is -2.83. The van der Waals surface area contributed by atoms with Crippen molar-refractivity contribution in [3.05, 3.63) is 59.2 Å². The SMILES string of the molecule is CCc1ccc(NCc2cc(F)c(O)c(F)c2)cc1. The van der Waals surface area contributed by atoms with Crippen LogP contribution in [0.1, 0.15) is 18.1 Å². The standard InChI is InChI=1S/C15H15F2NO/c1-2-10-3-5-12(6-4-10)18-9-11-7-13(16)15(19)14(17)8-11/h3-8,18-19H,2,9H2,1H3. The third kappa shape index (κ3) is 3.22. The second kappa shape index (κ2) is 5.69. The molecule has 2 N–H and O–H groups in total. The van der Waals surface area contributed by atoms with Crippen molar-refractivity contribution < 1.29 is 13.9 Å². The maximum Gasteiger partial charge on any atom is 0.187 e. The van der Waals surface area contributed by atoms with Crippen molar-refractivity contribution in [1.29, 1.82) is 0 Å². The molecule has 0 aliphatic carbocycles. The number of aromatic hydroxyl groups is 1. The van der Waals surface area contributed by atoms with Gasteiger partial charge in [-0.1, -0.05) is 19.1 Å². The Morgan fingerprint density at radius 2 is 1.58 bits per heavy atom. The van der Waals surface area contributed by atoms with E-state index >= 15 is 0 Å². The third-order valence-electron chi connectivity index (χ3n) is 2.94. The molecule has 0 atom stereocenters. The predicted octanol–water partition coefficient (Wildman–Crippen LogP) is 3.84. The van der Waals surface area contributed by atoms with Crippen molar-refractivity contribution in [3.8, 4) is 5.75 Å². The summed E-state index contributed by atoms with van der Waals surface area (Å²) in [6.07, 6.45) is 0.967. The van der Waals surface area contributed by atoms with Crippen LogP contribution >= 0.6 is 0 Å². The van der Waals surface area contributed by atoms with Gasteiger partial charge in [0.25, 0.3) is 0 Å². The average Bonchev–Trinajstić information content (AvgIpc) is 2.43. The molecule has 4 heteroatoms. The van der Waals surface area contributed by atoms with Gasteiger partial charge in [-0.2, -0.15) is 0 Å². The van der Waals surface area contributed by atoms with Crippen LogP contribution in [-0.4, -0.2) is 5.11 Å². The number of phenols is 1. The van der Waals surface area contributed by atoms with Gasteiger partial charge in [-0.15, -0.1) is 0 Å². The van der Waals surface area contributed by atoms with Crippen LogP contribution in [0, 0.1) is 11.6 Å². The van der Waals surface area contributed by atoms with Crippen molar-refractivity contribution in [3.63, 3.8) is 0 Å². The monoisotopic (exact) mass is 263 g/mol. The molecule has 0 amide bonds. The van der Waals surface area contributed by atoms with E-state index in [1.165, 1.54) is 5.56 Å². The van der Waals surface area contributed by atoms with Crippen LogP contribution in [0.25, 0.3) is 0 Å². The second-order valence-corrected chi connectivity index (χ2v) is 4.31. The molecule has 0 saturated carbocycles. The first-order valence-electron chi connectivity index (χ1n) is 6.10. The topological polar surface area (TPSA) is 32.3 Å². The van der Waals surface area contributed by atoms with E-state index in [9.17, 15) is 8.78 Å². The fourth-order valence-electron chi connectivity index (χ4n) is 1.78. The lowest BCUT2D eigenvalue weighted by Gasteiger charge is -2.08. The number of benzene rings is 2. The van der Waals surface area contributed by atoms with Gasteiger partial charge in [0, 0.05) is 12.2 Å². The van der Waals surface area contributed by atoms with Crippen LogP contribution < -0.4 is 5.32 Å². The molecule has 19 heavy (non-hydrogen) atoms. The first kappa shape index (κ1) is 13.3. The van der Waals surface area contributed by atoms with Crippen molar-refractivity contribution in [2.45, 2.75) is 19.9 Å². The molecule has 0 fully saturated rings. The summed E-state index contributed by atoms with van der Waals surface area (Å²) in [6.45, 7) is 2.37. The Bertz CT molecular complexity index is 544. The molecule has 2 nitrogen and oxygen atoms in total. The zero-order valence-corrected chi connectivity index (χ0v) is 10.6. The van der Waals surface area contributed by atoms with Crippen LogP contribution in [0.2, 0.25) is 0 Å². The third-order valence-corrected chi connectivity index (χ3v) is 2.94. The van der Waals surface area contributed by atoms with E-state index < -0.39 is 17.4 Å². The molecule has 0 aromatic heterocycles. The van der Waals surface area contributed by atoms with Gasteiger partial charge in [-0.25, -0.2) is 8.78 Å². The number of phenolic OH excluding ortho intramolecular Hbond substituents is 1. The molecule has 2 rings (SSSR count). The number of rotatable bonds is 4. The van der Waals surface area contributed by atoms with Gasteiger partial charge in [0.05, 0.1) is 0 Å². The normalized spacial score (nSPS) is 10.5. The summed E-state index contributed by atoms with van der Waals surface area (Å²) in [4.78, 5) is 0. The van der Waals surface area contributed by atoms with Gasteiger partial charge < -0.3 is 10.4 Å². The van der Waals surface area contributed by atoms with Crippen molar-refractivity contribution in [2.24, 2.45) is 0 Å².